The highest BCUT2D eigenvalue weighted by Gasteiger charge is 2.13. The molecule has 0 radical (unpaired) electrons. The number of nitrogens with one attached hydrogen (secondary N) is 1. The number of benzene rings is 2. The Labute approximate surface area is 154 Å². The number of hydrogen-bond donors (Lipinski definition) is 1. The van der Waals surface area contributed by atoms with Crippen molar-refractivity contribution in [1.29, 1.82) is 0 Å². The lowest BCUT2D eigenvalue weighted by Gasteiger charge is -2.10. The summed E-state index contributed by atoms with van der Waals surface area (Å²) in [6.45, 7) is 0.155. The fourth-order valence-electron chi connectivity index (χ4n) is 2.30. The number of aromatic nitrogens is 1. The summed E-state index contributed by atoms with van der Waals surface area (Å²) in [5.74, 6) is -0.496. The van der Waals surface area contributed by atoms with Gasteiger partial charge < -0.3 is 9.47 Å². The van der Waals surface area contributed by atoms with Gasteiger partial charge in [0.15, 0.2) is 0 Å². The molecule has 0 atom stereocenters. The van der Waals surface area contributed by atoms with Crippen LogP contribution in [0.5, 0.6) is 0 Å². The van der Waals surface area contributed by atoms with Crippen molar-refractivity contribution in [1.82, 2.24) is 4.98 Å². The van der Waals surface area contributed by atoms with Crippen molar-refractivity contribution in [2.45, 2.75) is 6.61 Å². The monoisotopic (exact) mass is 368 g/mol. The largest absolute Gasteiger partial charge is 0.465 e. The van der Waals surface area contributed by atoms with Crippen LogP contribution in [0.2, 0.25) is 0 Å². The Bertz CT molecular complexity index is 895. The van der Waals surface area contributed by atoms with Crippen LogP contribution in [-0.2, 0) is 16.1 Å². The van der Waals surface area contributed by atoms with E-state index in [4.69, 9.17) is 9.47 Å². The Morgan fingerprint density at radius 1 is 1.15 bits per heavy atom. The molecule has 0 saturated heterocycles. The molecule has 2 aromatic carbocycles. The maximum absolute atomic E-state index is 12.1. The number of anilines is 1. The molecule has 0 bridgehead atoms. The third-order valence-corrected chi connectivity index (χ3v) is 4.31. The molecule has 0 aliphatic carbocycles. The molecule has 6 nitrogen and oxygen atoms in total. The molecule has 0 aliphatic rings. The number of thiazole rings is 1. The SMILES string of the molecule is COC(=O)c1cc(NC(=O)OCc2ccccc2)cc(-c2nccs2)c1. The molecule has 0 fully saturated rings. The normalized spacial score (nSPS) is 10.2. The quantitative estimate of drug-likeness (QED) is 0.678. The second kappa shape index (κ2) is 8.26. The van der Waals surface area contributed by atoms with Crippen molar-refractivity contribution in [3.8, 4) is 10.6 Å². The Balaban J connectivity index is 1.76. The Hall–Kier alpha value is -3.19. The van der Waals surface area contributed by atoms with Crippen LogP contribution in [-0.4, -0.2) is 24.2 Å². The first-order valence-corrected chi connectivity index (χ1v) is 8.64. The molecular formula is C19H16N2O4S. The van der Waals surface area contributed by atoms with Crippen molar-refractivity contribution in [2.24, 2.45) is 0 Å². The lowest BCUT2D eigenvalue weighted by molar-refractivity contribution is 0.0600. The van der Waals surface area contributed by atoms with E-state index < -0.39 is 12.1 Å². The van der Waals surface area contributed by atoms with Crippen LogP contribution in [0.25, 0.3) is 10.6 Å². The average Bonchev–Trinajstić information content (AvgIpc) is 3.21. The number of ether oxygens (including phenoxy) is 2. The van der Waals surface area contributed by atoms with Gasteiger partial charge >= 0.3 is 12.1 Å². The fourth-order valence-corrected chi connectivity index (χ4v) is 2.93. The minimum absolute atomic E-state index is 0.155. The molecule has 0 unspecified atom stereocenters. The second-order valence-corrected chi connectivity index (χ2v) is 6.21. The summed E-state index contributed by atoms with van der Waals surface area (Å²) in [5, 5.41) is 5.21. The van der Waals surface area contributed by atoms with Crippen molar-refractivity contribution in [2.75, 3.05) is 12.4 Å². The van der Waals surface area contributed by atoms with Gasteiger partial charge in [-0.3, -0.25) is 5.32 Å². The topological polar surface area (TPSA) is 77.5 Å². The van der Waals surface area contributed by atoms with Crippen molar-refractivity contribution >= 4 is 29.1 Å². The molecule has 0 aliphatic heterocycles. The van der Waals surface area contributed by atoms with Crippen LogP contribution in [0, 0.1) is 0 Å². The van der Waals surface area contributed by atoms with Crippen LogP contribution in [0.15, 0.2) is 60.1 Å². The summed E-state index contributed by atoms with van der Waals surface area (Å²) in [7, 11) is 1.31. The highest BCUT2D eigenvalue weighted by molar-refractivity contribution is 7.13. The first kappa shape index (κ1) is 17.6. The van der Waals surface area contributed by atoms with Crippen molar-refractivity contribution < 1.29 is 19.1 Å². The van der Waals surface area contributed by atoms with Crippen LogP contribution in [0.4, 0.5) is 10.5 Å². The van der Waals surface area contributed by atoms with Gasteiger partial charge in [-0.1, -0.05) is 30.3 Å². The molecule has 132 valence electrons. The summed E-state index contributed by atoms with van der Waals surface area (Å²) in [6.07, 6.45) is 1.06. The summed E-state index contributed by atoms with van der Waals surface area (Å²) < 4.78 is 9.98. The van der Waals surface area contributed by atoms with E-state index in [0.717, 1.165) is 10.6 Å². The number of carbonyl (C=O) groups excluding carboxylic acids is 2. The highest BCUT2D eigenvalue weighted by atomic mass is 32.1. The molecule has 1 N–H and O–H groups in total. The zero-order chi connectivity index (χ0) is 18.4. The van der Waals surface area contributed by atoms with Crippen LogP contribution < -0.4 is 5.32 Å². The fraction of sp³-hybridized carbons (Fsp3) is 0.105. The molecule has 26 heavy (non-hydrogen) atoms. The van der Waals surface area contributed by atoms with Crippen LogP contribution in [0.1, 0.15) is 15.9 Å². The van der Waals surface area contributed by atoms with Gasteiger partial charge in [-0.2, -0.15) is 0 Å². The molecular weight excluding hydrogens is 352 g/mol. The van der Waals surface area contributed by atoms with E-state index in [1.165, 1.54) is 24.5 Å². The number of hydrogen-bond acceptors (Lipinski definition) is 6. The number of carbonyl (C=O) groups is 2. The number of rotatable bonds is 5. The van der Waals surface area contributed by atoms with Crippen LogP contribution >= 0.6 is 11.3 Å². The minimum Gasteiger partial charge on any atom is -0.465 e. The summed E-state index contributed by atoms with van der Waals surface area (Å²) in [4.78, 5) is 28.2. The average molecular weight is 368 g/mol. The second-order valence-electron chi connectivity index (χ2n) is 5.31. The van der Waals surface area contributed by atoms with E-state index in [-0.39, 0.29) is 6.61 Å². The smallest absolute Gasteiger partial charge is 0.411 e. The van der Waals surface area contributed by atoms with E-state index in [1.807, 2.05) is 35.7 Å². The van der Waals surface area contributed by atoms with Crippen LogP contribution in [0.3, 0.4) is 0 Å². The number of esters is 1. The zero-order valence-electron chi connectivity index (χ0n) is 14.0. The maximum atomic E-state index is 12.1. The minimum atomic E-state index is -0.610. The van der Waals surface area contributed by atoms with E-state index in [9.17, 15) is 9.59 Å². The molecule has 0 spiro atoms. The number of methoxy groups -OCH3 is 1. The predicted octanol–water partition coefficient (Wildman–Crippen LogP) is 4.35. The van der Waals surface area contributed by atoms with E-state index in [2.05, 4.69) is 10.3 Å². The first-order chi connectivity index (χ1) is 12.7. The van der Waals surface area contributed by atoms with Gasteiger partial charge in [-0.25, -0.2) is 14.6 Å². The zero-order valence-corrected chi connectivity index (χ0v) is 14.8. The van der Waals surface area contributed by atoms with Crippen molar-refractivity contribution in [3.05, 3.63) is 71.2 Å². The molecule has 1 amide bonds. The Kier molecular flexibility index (Phi) is 5.60. The third-order valence-electron chi connectivity index (χ3n) is 3.49. The Morgan fingerprint density at radius 3 is 2.65 bits per heavy atom. The van der Waals surface area contributed by atoms with Gasteiger partial charge in [0, 0.05) is 22.8 Å². The van der Waals surface area contributed by atoms with E-state index in [0.29, 0.717) is 16.8 Å². The molecule has 3 aromatic rings. The van der Waals surface area contributed by atoms with E-state index in [1.54, 1.807) is 18.3 Å². The Morgan fingerprint density at radius 2 is 1.96 bits per heavy atom. The lowest BCUT2D eigenvalue weighted by Crippen LogP contribution is -2.14. The third kappa shape index (κ3) is 4.46. The first-order valence-electron chi connectivity index (χ1n) is 7.76. The number of amides is 1. The summed E-state index contributed by atoms with van der Waals surface area (Å²) in [6, 6.07) is 14.3. The van der Waals surface area contributed by atoms with Gasteiger partial charge in [-0.05, 0) is 23.8 Å². The summed E-state index contributed by atoms with van der Waals surface area (Å²) >= 11 is 1.43. The van der Waals surface area contributed by atoms with Gasteiger partial charge in [0.1, 0.15) is 11.6 Å². The highest BCUT2D eigenvalue weighted by Crippen LogP contribution is 2.27. The standard InChI is InChI=1S/C19H16N2O4S/c1-24-18(22)15-9-14(17-20-7-8-26-17)10-16(11-15)21-19(23)25-12-13-5-3-2-4-6-13/h2-11H,12H2,1H3,(H,21,23). The van der Waals surface area contributed by atoms with Gasteiger partial charge in [0.2, 0.25) is 0 Å². The maximum Gasteiger partial charge on any atom is 0.411 e. The van der Waals surface area contributed by atoms with Gasteiger partial charge in [-0.15, -0.1) is 11.3 Å². The number of nitrogens with zero attached hydrogens (tertiary/aromatic N) is 1. The predicted molar refractivity (Wildman–Crippen MR) is 99.1 cm³/mol. The molecule has 0 saturated carbocycles. The van der Waals surface area contributed by atoms with Gasteiger partial charge in [0.25, 0.3) is 0 Å². The van der Waals surface area contributed by atoms with E-state index >= 15 is 0 Å². The van der Waals surface area contributed by atoms with Crippen molar-refractivity contribution in [3.63, 3.8) is 0 Å². The lowest BCUT2D eigenvalue weighted by atomic mass is 10.1. The molecule has 1 aromatic heterocycles. The van der Waals surface area contributed by atoms with Gasteiger partial charge in [0.05, 0.1) is 12.7 Å². The molecule has 1 heterocycles. The molecule has 3 rings (SSSR count). The summed E-state index contributed by atoms with van der Waals surface area (Å²) in [5.41, 5.74) is 2.34. The molecule has 7 heteroatoms.